The minimum atomic E-state index is -5.59. The molecule has 0 fully saturated rings. The van der Waals surface area contributed by atoms with Gasteiger partial charge in [-0.25, -0.2) is 0 Å². The molecule has 0 aromatic heterocycles. The minimum absolute atomic E-state index is 0.103. The summed E-state index contributed by atoms with van der Waals surface area (Å²) in [5, 5.41) is 0.987. The molecule has 0 saturated heterocycles. The molecule has 0 heterocycles. The lowest BCUT2D eigenvalue weighted by Gasteiger charge is -2.21. The van der Waals surface area contributed by atoms with Crippen molar-refractivity contribution >= 4 is 33.4 Å². The number of benzene rings is 2. The molecule has 6 heteroatoms. The molecule has 2 aromatic carbocycles. The maximum absolute atomic E-state index is 13.3. The first kappa shape index (κ1) is 13.5. The molecule has 96 valence electrons. The molecule has 0 aliphatic carbocycles. The van der Waals surface area contributed by atoms with Gasteiger partial charge in [0, 0.05) is 9.13 Å². The zero-order chi connectivity index (χ0) is 13.6. The average Bonchev–Trinajstić information content (AvgIpc) is 2.26. The number of fused-ring (bicyclic) bond motifs is 1. The van der Waals surface area contributed by atoms with Gasteiger partial charge in [0.05, 0.1) is 0 Å². The van der Waals surface area contributed by atoms with Gasteiger partial charge in [0.15, 0.2) is 0 Å². The molecule has 0 bridgehead atoms. The third-order valence-electron chi connectivity index (χ3n) is 2.53. The van der Waals surface area contributed by atoms with E-state index in [1.165, 1.54) is 34.7 Å². The van der Waals surface area contributed by atoms with Crippen LogP contribution in [0.3, 0.4) is 0 Å². The molecule has 18 heavy (non-hydrogen) atoms. The lowest BCUT2D eigenvalue weighted by molar-refractivity contribution is -0.289. The molecule has 0 unspecified atom stereocenters. The Kier molecular flexibility index (Phi) is 3.25. The summed E-state index contributed by atoms with van der Waals surface area (Å²) in [4.78, 5) is 0. The Bertz CT molecular complexity index is 589. The third-order valence-corrected chi connectivity index (χ3v) is 3.42. The maximum atomic E-state index is 13.3. The van der Waals surface area contributed by atoms with Crippen LogP contribution in [-0.2, 0) is 5.92 Å². The van der Waals surface area contributed by atoms with Crippen LogP contribution in [0.5, 0.6) is 0 Å². The molecule has 0 aliphatic heterocycles. The Morgan fingerprint density at radius 3 is 1.83 bits per heavy atom. The third kappa shape index (κ3) is 2.17. The molecule has 2 rings (SSSR count). The fraction of sp³-hybridized carbons (Fsp3) is 0.167. The van der Waals surface area contributed by atoms with E-state index >= 15 is 0 Å². The molecule has 0 atom stereocenters. The SMILES string of the molecule is FC(F)(F)C(F)(F)c1cc2ccccc2cc1I. The summed E-state index contributed by atoms with van der Waals surface area (Å²) in [6, 6.07) is 8.66. The van der Waals surface area contributed by atoms with E-state index in [2.05, 4.69) is 0 Å². The van der Waals surface area contributed by atoms with Crippen molar-refractivity contribution in [1.82, 2.24) is 0 Å². The highest BCUT2D eigenvalue weighted by atomic mass is 127. The van der Waals surface area contributed by atoms with E-state index in [9.17, 15) is 22.0 Å². The van der Waals surface area contributed by atoms with Crippen LogP contribution in [0.15, 0.2) is 36.4 Å². The first-order chi connectivity index (χ1) is 8.23. The van der Waals surface area contributed by atoms with Crippen LogP contribution in [0.4, 0.5) is 22.0 Å². The zero-order valence-corrected chi connectivity index (χ0v) is 10.9. The van der Waals surface area contributed by atoms with Crippen molar-refractivity contribution in [3.63, 3.8) is 0 Å². The van der Waals surface area contributed by atoms with Crippen LogP contribution >= 0.6 is 22.6 Å². The van der Waals surface area contributed by atoms with Crippen molar-refractivity contribution in [1.29, 1.82) is 0 Å². The second kappa shape index (κ2) is 4.32. The standard InChI is InChI=1S/C12H6F5I/c13-11(14,12(15,16)17)9-5-7-3-1-2-4-8(7)6-10(9)18/h1-6H. The molecule has 0 amide bonds. The number of hydrogen-bond acceptors (Lipinski definition) is 0. The van der Waals surface area contributed by atoms with E-state index < -0.39 is 17.7 Å². The summed E-state index contributed by atoms with van der Waals surface area (Å²) >= 11 is 1.49. The largest absolute Gasteiger partial charge is 0.458 e. The fourth-order valence-corrected chi connectivity index (χ4v) is 2.44. The second-order valence-electron chi connectivity index (χ2n) is 3.75. The van der Waals surface area contributed by atoms with Crippen LogP contribution < -0.4 is 0 Å². The molecule has 0 spiro atoms. The van der Waals surface area contributed by atoms with Gasteiger partial charge in [-0.05, 0) is 45.5 Å². The van der Waals surface area contributed by atoms with Gasteiger partial charge in [-0.2, -0.15) is 22.0 Å². The highest BCUT2D eigenvalue weighted by Gasteiger charge is 2.59. The van der Waals surface area contributed by atoms with Gasteiger partial charge < -0.3 is 0 Å². The van der Waals surface area contributed by atoms with Gasteiger partial charge in [-0.1, -0.05) is 24.3 Å². The number of alkyl halides is 5. The predicted octanol–water partition coefficient (Wildman–Crippen LogP) is 5.10. The topological polar surface area (TPSA) is 0 Å². The van der Waals surface area contributed by atoms with Gasteiger partial charge in [0.1, 0.15) is 0 Å². The Morgan fingerprint density at radius 2 is 1.33 bits per heavy atom. The van der Waals surface area contributed by atoms with Crippen molar-refractivity contribution in [2.45, 2.75) is 12.1 Å². The molecular formula is C12H6F5I. The van der Waals surface area contributed by atoms with E-state index in [1.807, 2.05) is 0 Å². The number of halogens is 6. The first-order valence-corrected chi connectivity index (χ1v) is 5.94. The number of rotatable bonds is 1. The predicted molar refractivity (Wildman–Crippen MR) is 66.6 cm³/mol. The highest BCUT2D eigenvalue weighted by Crippen LogP contribution is 2.46. The van der Waals surface area contributed by atoms with Crippen LogP contribution in [0.1, 0.15) is 5.56 Å². The summed E-state index contributed by atoms with van der Waals surface area (Å²) in [5.41, 5.74) is -1.01. The van der Waals surface area contributed by atoms with Crippen molar-refractivity contribution in [3.05, 3.63) is 45.5 Å². The van der Waals surface area contributed by atoms with Crippen molar-refractivity contribution in [2.75, 3.05) is 0 Å². The summed E-state index contributed by atoms with van der Waals surface area (Å²) in [5.74, 6) is -4.84. The summed E-state index contributed by atoms with van der Waals surface area (Å²) in [6.45, 7) is 0. The van der Waals surface area contributed by atoms with Crippen molar-refractivity contribution < 1.29 is 22.0 Å². The van der Waals surface area contributed by atoms with E-state index in [1.54, 1.807) is 18.2 Å². The quantitative estimate of drug-likeness (QED) is 0.483. The van der Waals surface area contributed by atoms with Gasteiger partial charge in [0.25, 0.3) is 0 Å². The van der Waals surface area contributed by atoms with Crippen LogP contribution in [0.2, 0.25) is 0 Å². The lowest BCUT2D eigenvalue weighted by Crippen LogP contribution is -2.34. The molecule has 2 aromatic rings. The van der Waals surface area contributed by atoms with E-state index in [4.69, 9.17) is 0 Å². The first-order valence-electron chi connectivity index (χ1n) is 4.87. The van der Waals surface area contributed by atoms with Gasteiger partial charge in [-0.15, -0.1) is 0 Å². The minimum Gasteiger partial charge on any atom is -0.191 e. The summed E-state index contributed by atoms with van der Waals surface area (Å²) in [6.07, 6.45) is -5.59. The molecule has 0 N–H and O–H groups in total. The second-order valence-corrected chi connectivity index (χ2v) is 4.91. The molecule has 0 radical (unpaired) electrons. The summed E-state index contributed by atoms with van der Waals surface area (Å²) < 4.78 is 63.6. The van der Waals surface area contributed by atoms with Gasteiger partial charge >= 0.3 is 12.1 Å². The van der Waals surface area contributed by atoms with Gasteiger partial charge in [-0.3, -0.25) is 0 Å². The van der Waals surface area contributed by atoms with Crippen LogP contribution in [0.25, 0.3) is 10.8 Å². The fourth-order valence-electron chi connectivity index (χ4n) is 1.61. The summed E-state index contributed by atoms with van der Waals surface area (Å²) in [7, 11) is 0. The smallest absolute Gasteiger partial charge is 0.191 e. The van der Waals surface area contributed by atoms with Crippen LogP contribution in [0, 0.1) is 3.57 Å². The zero-order valence-electron chi connectivity index (χ0n) is 8.73. The maximum Gasteiger partial charge on any atom is 0.458 e. The monoisotopic (exact) mass is 372 g/mol. The Balaban J connectivity index is 2.68. The normalized spacial score (nSPS) is 13.0. The van der Waals surface area contributed by atoms with Crippen LogP contribution in [-0.4, -0.2) is 6.18 Å². The Hall–Kier alpha value is -0.920. The molecule has 0 saturated carbocycles. The average molecular weight is 372 g/mol. The van der Waals surface area contributed by atoms with E-state index in [0.29, 0.717) is 10.8 Å². The molecule has 0 nitrogen and oxygen atoms in total. The number of hydrogen-bond donors (Lipinski definition) is 0. The highest BCUT2D eigenvalue weighted by molar-refractivity contribution is 14.1. The Labute approximate surface area is 113 Å². The van der Waals surface area contributed by atoms with E-state index in [0.717, 1.165) is 6.07 Å². The van der Waals surface area contributed by atoms with E-state index in [-0.39, 0.29) is 3.57 Å². The van der Waals surface area contributed by atoms with Crippen molar-refractivity contribution in [3.8, 4) is 0 Å². The van der Waals surface area contributed by atoms with Crippen molar-refractivity contribution in [2.24, 2.45) is 0 Å². The Morgan fingerprint density at radius 1 is 0.833 bits per heavy atom. The molecule has 0 aliphatic rings. The molecular weight excluding hydrogens is 366 g/mol. The van der Waals surface area contributed by atoms with Gasteiger partial charge in [0.2, 0.25) is 0 Å². The lowest BCUT2D eigenvalue weighted by atomic mass is 10.0.